The molecule has 86 valence electrons. The van der Waals surface area contributed by atoms with Crippen LogP contribution in [-0.2, 0) is 0 Å². The molecule has 0 spiro atoms. The lowest BCUT2D eigenvalue weighted by Gasteiger charge is -2.02. The predicted molar refractivity (Wildman–Crippen MR) is 62.2 cm³/mol. The van der Waals surface area contributed by atoms with E-state index in [0.717, 1.165) is 11.4 Å². The second-order valence-corrected chi connectivity index (χ2v) is 3.39. The molecule has 1 aromatic carbocycles. The molecule has 0 saturated heterocycles. The molecule has 0 amide bonds. The molecule has 5 nitrogen and oxygen atoms in total. The zero-order valence-electron chi connectivity index (χ0n) is 9.52. The van der Waals surface area contributed by atoms with Gasteiger partial charge in [0.05, 0.1) is 7.11 Å². The van der Waals surface area contributed by atoms with Crippen LogP contribution in [0.4, 0.5) is 11.7 Å². The Morgan fingerprint density at radius 2 is 2.06 bits per heavy atom. The summed E-state index contributed by atoms with van der Waals surface area (Å²) in [5.74, 6) is 1.28. The van der Waals surface area contributed by atoms with Crippen LogP contribution in [0.2, 0.25) is 0 Å². The topological polar surface area (TPSA) is 71.1 Å². The van der Waals surface area contributed by atoms with E-state index >= 15 is 0 Å². The Bertz CT molecular complexity index is 552. The Morgan fingerprint density at radius 3 is 2.59 bits per heavy atom. The minimum atomic E-state index is 0.293. The van der Waals surface area contributed by atoms with Gasteiger partial charge in [0.2, 0.25) is 0 Å². The molecule has 17 heavy (non-hydrogen) atoms. The van der Waals surface area contributed by atoms with Crippen LogP contribution in [0.5, 0.6) is 5.75 Å². The second-order valence-electron chi connectivity index (χ2n) is 3.39. The molecule has 0 aliphatic carbocycles. The van der Waals surface area contributed by atoms with Gasteiger partial charge >= 0.3 is 6.01 Å². The van der Waals surface area contributed by atoms with E-state index < -0.39 is 0 Å². The molecule has 2 rings (SSSR count). The number of hydrogen-bond donors (Lipinski definition) is 1. The van der Waals surface area contributed by atoms with Crippen molar-refractivity contribution in [2.75, 3.05) is 12.4 Å². The van der Waals surface area contributed by atoms with Gasteiger partial charge in [0.15, 0.2) is 5.69 Å². The number of aromatic nitrogens is 1. The van der Waals surface area contributed by atoms with Crippen LogP contribution >= 0.6 is 0 Å². The first-order chi connectivity index (χ1) is 8.22. The number of nitrogens with one attached hydrogen (secondary N) is 1. The number of hydrogen-bond acceptors (Lipinski definition) is 5. The number of anilines is 2. The third kappa shape index (κ3) is 2.37. The molecule has 0 fully saturated rings. The number of nitriles is 1. The molecule has 1 heterocycles. The average molecular weight is 229 g/mol. The third-order valence-corrected chi connectivity index (χ3v) is 2.24. The Hall–Kier alpha value is -2.48. The predicted octanol–water partition coefficient (Wildman–Crippen LogP) is 2.61. The molecule has 0 atom stereocenters. The van der Waals surface area contributed by atoms with Crippen LogP contribution < -0.4 is 10.1 Å². The highest BCUT2D eigenvalue weighted by Gasteiger charge is 2.08. The maximum Gasteiger partial charge on any atom is 0.300 e. The molecule has 0 saturated carbocycles. The Kier molecular flexibility index (Phi) is 2.97. The van der Waals surface area contributed by atoms with Crippen molar-refractivity contribution in [2.24, 2.45) is 0 Å². The summed E-state index contributed by atoms with van der Waals surface area (Å²) in [6, 6.07) is 9.59. The maximum absolute atomic E-state index is 8.75. The highest BCUT2D eigenvalue weighted by atomic mass is 16.5. The van der Waals surface area contributed by atoms with Gasteiger partial charge in [0, 0.05) is 5.69 Å². The quantitative estimate of drug-likeness (QED) is 0.875. The third-order valence-electron chi connectivity index (χ3n) is 2.24. The van der Waals surface area contributed by atoms with Gasteiger partial charge in [-0.2, -0.15) is 10.2 Å². The van der Waals surface area contributed by atoms with E-state index in [0.29, 0.717) is 17.5 Å². The van der Waals surface area contributed by atoms with E-state index in [2.05, 4.69) is 10.3 Å². The fourth-order valence-electron chi connectivity index (χ4n) is 1.35. The molecule has 1 N–H and O–H groups in total. The summed E-state index contributed by atoms with van der Waals surface area (Å²) >= 11 is 0. The largest absolute Gasteiger partial charge is 0.497 e. The van der Waals surface area contributed by atoms with Crippen molar-refractivity contribution in [3.05, 3.63) is 35.7 Å². The first-order valence-corrected chi connectivity index (χ1v) is 5.01. The Morgan fingerprint density at radius 1 is 1.35 bits per heavy atom. The number of aryl methyl sites for hydroxylation is 1. The number of oxazole rings is 1. The Balaban J connectivity index is 2.17. The lowest BCUT2D eigenvalue weighted by Crippen LogP contribution is -1.90. The zero-order chi connectivity index (χ0) is 12.3. The van der Waals surface area contributed by atoms with Crippen molar-refractivity contribution in [2.45, 2.75) is 6.92 Å². The van der Waals surface area contributed by atoms with Crippen LogP contribution in [0.25, 0.3) is 0 Å². The average Bonchev–Trinajstić information content (AvgIpc) is 2.70. The molecule has 0 aliphatic rings. The zero-order valence-corrected chi connectivity index (χ0v) is 9.52. The van der Waals surface area contributed by atoms with Crippen molar-refractivity contribution < 1.29 is 9.15 Å². The molecule has 0 aliphatic heterocycles. The minimum Gasteiger partial charge on any atom is -0.497 e. The SMILES string of the molecule is COc1ccc(Nc2nc(C#N)c(C)o2)cc1. The number of benzene rings is 1. The summed E-state index contributed by atoms with van der Waals surface area (Å²) in [5, 5.41) is 11.7. The van der Waals surface area contributed by atoms with Crippen molar-refractivity contribution in [3.63, 3.8) is 0 Å². The molecule has 2 aromatic rings. The van der Waals surface area contributed by atoms with Gasteiger partial charge in [-0.1, -0.05) is 0 Å². The van der Waals surface area contributed by atoms with Gasteiger partial charge < -0.3 is 14.5 Å². The minimum absolute atomic E-state index is 0.293. The van der Waals surface area contributed by atoms with Gasteiger partial charge in [-0.25, -0.2) is 0 Å². The second kappa shape index (κ2) is 4.58. The fraction of sp³-hybridized carbons (Fsp3) is 0.167. The molecule has 1 aromatic heterocycles. The fourth-order valence-corrected chi connectivity index (χ4v) is 1.35. The summed E-state index contributed by atoms with van der Waals surface area (Å²) < 4.78 is 10.3. The van der Waals surface area contributed by atoms with Gasteiger partial charge in [0.1, 0.15) is 17.6 Å². The van der Waals surface area contributed by atoms with Gasteiger partial charge in [-0.05, 0) is 31.2 Å². The van der Waals surface area contributed by atoms with E-state index in [1.54, 1.807) is 14.0 Å². The number of rotatable bonds is 3. The smallest absolute Gasteiger partial charge is 0.300 e. The van der Waals surface area contributed by atoms with Gasteiger partial charge in [0.25, 0.3) is 0 Å². The Labute approximate surface area is 98.7 Å². The van der Waals surface area contributed by atoms with E-state index in [1.807, 2.05) is 30.3 Å². The monoisotopic (exact) mass is 229 g/mol. The number of nitrogens with zero attached hydrogens (tertiary/aromatic N) is 2. The lowest BCUT2D eigenvalue weighted by atomic mass is 10.3. The van der Waals surface area contributed by atoms with Crippen LogP contribution in [0, 0.1) is 18.3 Å². The summed E-state index contributed by atoms with van der Waals surface area (Å²) in [6.45, 7) is 1.70. The van der Waals surface area contributed by atoms with Crippen molar-refractivity contribution >= 4 is 11.7 Å². The van der Waals surface area contributed by atoms with Crippen molar-refractivity contribution in [1.29, 1.82) is 5.26 Å². The molecule has 5 heteroatoms. The number of methoxy groups -OCH3 is 1. The van der Waals surface area contributed by atoms with Crippen LogP contribution in [0.15, 0.2) is 28.7 Å². The van der Waals surface area contributed by atoms with E-state index in [-0.39, 0.29) is 0 Å². The summed E-state index contributed by atoms with van der Waals surface area (Å²) in [6.07, 6.45) is 0. The van der Waals surface area contributed by atoms with E-state index in [4.69, 9.17) is 14.4 Å². The van der Waals surface area contributed by atoms with Gasteiger partial charge in [-0.15, -0.1) is 0 Å². The standard InChI is InChI=1S/C12H11N3O2/c1-8-11(7-13)15-12(17-8)14-9-3-5-10(16-2)6-4-9/h3-6H,1-2H3,(H,14,15). The molecule has 0 unspecified atom stereocenters. The van der Waals surface area contributed by atoms with Crippen LogP contribution in [-0.4, -0.2) is 12.1 Å². The maximum atomic E-state index is 8.75. The summed E-state index contributed by atoms with van der Waals surface area (Å²) in [5.41, 5.74) is 1.11. The molecule has 0 bridgehead atoms. The number of ether oxygens (including phenoxy) is 1. The van der Waals surface area contributed by atoms with Crippen LogP contribution in [0.3, 0.4) is 0 Å². The van der Waals surface area contributed by atoms with Crippen molar-refractivity contribution in [3.8, 4) is 11.8 Å². The van der Waals surface area contributed by atoms with Gasteiger partial charge in [-0.3, -0.25) is 0 Å². The van der Waals surface area contributed by atoms with Crippen molar-refractivity contribution in [1.82, 2.24) is 4.98 Å². The normalized spacial score (nSPS) is 9.71. The molecular weight excluding hydrogens is 218 g/mol. The summed E-state index contributed by atoms with van der Waals surface area (Å²) in [7, 11) is 1.61. The molecule has 0 radical (unpaired) electrons. The first-order valence-electron chi connectivity index (χ1n) is 5.01. The molecular formula is C12H11N3O2. The summed E-state index contributed by atoms with van der Waals surface area (Å²) in [4.78, 5) is 4.00. The first kappa shape index (κ1) is 11.0. The van der Waals surface area contributed by atoms with Crippen LogP contribution in [0.1, 0.15) is 11.5 Å². The van der Waals surface area contributed by atoms with E-state index in [9.17, 15) is 0 Å². The highest BCUT2D eigenvalue weighted by Crippen LogP contribution is 2.20. The highest BCUT2D eigenvalue weighted by molar-refractivity contribution is 5.54. The van der Waals surface area contributed by atoms with E-state index in [1.165, 1.54) is 0 Å². The lowest BCUT2D eigenvalue weighted by molar-refractivity contribution is 0.415.